The van der Waals surface area contributed by atoms with Crippen LogP contribution < -0.4 is 5.56 Å². The van der Waals surface area contributed by atoms with Gasteiger partial charge in [0.15, 0.2) is 5.82 Å². The molecule has 1 atom stereocenters. The molecular weight excluding hydrogens is 312 g/mol. The van der Waals surface area contributed by atoms with Crippen molar-refractivity contribution in [3.63, 3.8) is 0 Å². The molecule has 0 fully saturated rings. The molecule has 6 nitrogen and oxygen atoms in total. The summed E-state index contributed by atoms with van der Waals surface area (Å²) in [7, 11) is 0. The van der Waals surface area contributed by atoms with Gasteiger partial charge in [-0.25, -0.2) is 4.98 Å². The number of aryl methyl sites for hydroxylation is 2. The van der Waals surface area contributed by atoms with Gasteiger partial charge >= 0.3 is 0 Å². The third-order valence-corrected chi connectivity index (χ3v) is 5.57. The van der Waals surface area contributed by atoms with Crippen molar-refractivity contribution in [1.82, 2.24) is 19.7 Å². The molecule has 120 valence electrons. The van der Waals surface area contributed by atoms with E-state index in [1.165, 1.54) is 10.4 Å². The number of rotatable bonds is 3. The molecule has 3 aromatic rings. The van der Waals surface area contributed by atoms with Gasteiger partial charge in [0.2, 0.25) is 5.89 Å². The van der Waals surface area contributed by atoms with Crippen LogP contribution in [-0.2, 0) is 25.8 Å². The molecule has 3 heterocycles. The molecule has 0 amide bonds. The van der Waals surface area contributed by atoms with Crippen molar-refractivity contribution >= 4 is 21.6 Å². The van der Waals surface area contributed by atoms with Crippen molar-refractivity contribution in [2.75, 3.05) is 0 Å². The summed E-state index contributed by atoms with van der Waals surface area (Å²) < 4.78 is 6.69. The summed E-state index contributed by atoms with van der Waals surface area (Å²) in [4.78, 5) is 23.8. The minimum absolute atomic E-state index is 0.00454. The Balaban J connectivity index is 1.77. The molecular formula is C16H18N4O2S. The van der Waals surface area contributed by atoms with E-state index in [0.29, 0.717) is 30.6 Å². The Labute approximate surface area is 137 Å². The normalized spacial score (nSPS) is 17.6. The molecule has 3 aromatic heterocycles. The summed E-state index contributed by atoms with van der Waals surface area (Å²) in [5.41, 5.74) is 1.21. The Kier molecular flexibility index (Phi) is 3.52. The molecule has 4 rings (SSSR count). The van der Waals surface area contributed by atoms with E-state index in [9.17, 15) is 4.79 Å². The highest BCUT2D eigenvalue weighted by Crippen LogP contribution is 2.35. The van der Waals surface area contributed by atoms with E-state index in [0.717, 1.165) is 29.5 Å². The Morgan fingerprint density at radius 3 is 3.13 bits per heavy atom. The first-order valence-corrected chi connectivity index (χ1v) is 8.78. The van der Waals surface area contributed by atoms with Crippen molar-refractivity contribution in [3.8, 4) is 0 Å². The fourth-order valence-corrected chi connectivity index (χ4v) is 4.47. The largest absolute Gasteiger partial charge is 0.339 e. The smallest absolute Gasteiger partial charge is 0.262 e. The summed E-state index contributed by atoms with van der Waals surface area (Å²) >= 11 is 1.67. The molecule has 0 radical (unpaired) electrons. The molecule has 1 aliphatic rings. The zero-order valence-corrected chi connectivity index (χ0v) is 14.0. The van der Waals surface area contributed by atoms with Crippen LogP contribution in [0.25, 0.3) is 10.2 Å². The van der Waals surface area contributed by atoms with Crippen LogP contribution >= 0.6 is 11.3 Å². The minimum Gasteiger partial charge on any atom is -0.339 e. The lowest BCUT2D eigenvalue weighted by Gasteiger charge is -2.17. The number of hydrogen-bond acceptors (Lipinski definition) is 6. The Morgan fingerprint density at radius 2 is 2.35 bits per heavy atom. The number of thiophene rings is 1. The zero-order valence-electron chi connectivity index (χ0n) is 13.2. The van der Waals surface area contributed by atoms with Crippen LogP contribution in [0.2, 0.25) is 0 Å². The average molecular weight is 330 g/mol. The molecule has 7 heteroatoms. The van der Waals surface area contributed by atoms with Gasteiger partial charge in [0.05, 0.1) is 18.3 Å². The molecule has 1 aliphatic carbocycles. The molecule has 0 saturated heterocycles. The lowest BCUT2D eigenvalue weighted by Crippen LogP contribution is -2.22. The molecule has 0 saturated carbocycles. The molecule has 0 spiro atoms. The molecule has 23 heavy (non-hydrogen) atoms. The van der Waals surface area contributed by atoms with Gasteiger partial charge in [0.1, 0.15) is 4.83 Å². The standard InChI is InChI=1S/C16H18N4O2S/c1-3-13-18-12(19-22-13)7-20-8-17-15-14(16(20)21)10-5-4-9(2)6-11(10)23-15/h8-9H,3-7H2,1-2H3/t9-/m1/s1. The van der Waals surface area contributed by atoms with Crippen LogP contribution in [-0.4, -0.2) is 19.7 Å². The van der Waals surface area contributed by atoms with Gasteiger partial charge < -0.3 is 4.52 Å². The van der Waals surface area contributed by atoms with Crippen LogP contribution in [0.15, 0.2) is 15.6 Å². The minimum atomic E-state index is 0.00454. The number of hydrogen-bond donors (Lipinski definition) is 0. The first-order valence-electron chi connectivity index (χ1n) is 7.96. The van der Waals surface area contributed by atoms with Crippen molar-refractivity contribution < 1.29 is 4.52 Å². The SMILES string of the molecule is CCc1nc(Cn2cnc3sc4c(c3c2=O)CC[C@@H](C)C4)no1. The lowest BCUT2D eigenvalue weighted by molar-refractivity contribution is 0.375. The second-order valence-corrected chi connectivity index (χ2v) is 7.25. The quantitative estimate of drug-likeness (QED) is 0.738. The number of nitrogens with zero attached hydrogens (tertiary/aromatic N) is 4. The third-order valence-electron chi connectivity index (χ3n) is 4.41. The fourth-order valence-electron chi connectivity index (χ4n) is 3.13. The van der Waals surface area contributed by atoms with E-state index in [-0.39, 0.29) is 5.56 Å². The number of aromatic nitrogens is 4. The highest BCUT2D eigenvalue weighted by Gasteiger charge is 2.23. The summed E-state index contributed by atoms with van der Waals surface area (Å²) in [6.07, 6.45) is 5.45. The van der Waals surface area contributed by atoms with E-state index in [1.54, 1.807) is 22.2 Å². The van der Waals surface area contributed by atoms with Crippen molar-refractivity contribution in [3.05, 3.63) is 38.8 Å². The monoisotopic (exact) mass is 330 g/mol. The highest BCUT2D eigenvalue weighted by molar-refractivity contribution is 7.18. The Morgan fingerprint density at radius 1 is 1.48 bits per heavy atom. The maximum atomic E-state index is 12.9. The molecule has 0 bridgehead atoms. The van der Waals surface area contributed by atoms with E-state index < -0.39 is 0 Å². The van der Waals surface area contributed by atoms with Crippen LogP contribution in [0.1, 0.15) is 42.4 Å². The predicted octanol–water partition coefficient (Wildman–Crippen LogP) is 2.58. The van der Waals surface area contributed by atoms with Gasteiger partial charge in [-0.3, -0.25) is 9.36 Å². The van der Waals surface area contributed by atoms with Gasteiger partial charge in [0, 0.05) is 11.3 Å². The van der Waals surface area contributed by atoms with Gasteiger partial charge in [-0.05, 0) is 30.7 Å². The van der Waals surface area contributed by atoms with Crippen LogP contribution in [0.5, 0.6) is 0 Å². The second-order valence-electron chi connectivity index (χ2n) is 6.17. The van der Waals surface area contributed by atoms with Crippen molar-refractivity contribution in [2.24, 2.45) is 5.92 Å². The number of fused-ring (bicyclic) bond motifs is 3. The van der Waals surface area contributed by atoms with Gasteiger partial charge in [0.25, 0.3) is 5.56 Å². The molecule has 0 aromatic carbocycles. The summed E-state index contributed by atoms with van der Waals surface area (Å²) in [6.45, 7) is 4.52. The van der Waals surface area contributed by atoms with Crippen LogP contribution in [0.4, 0.5) is 0 Å². The first kappa shape index (κ1) is 14.6. The summed E-state index contributed by atoms with van der Waals surface area (Å²) in [5.74, 6) is 1.79. The molecule has 0 N–H and O–H groups in total. The van der Waals surface area contributed by atoms with Crippen molar-refractivity contribution in [2.45, 2.75) is 46.1 Å². The first-order chi connectivity index (χ1) is 11.2. The van der Waals surface area contributed by atoms with Crippen LogP contribution in [0, 0.1) is 5.92 Å². The summed E-state index contributed by atoms with van der Waals surface area (Å²) in [6, 6.07) is 0. The van der Waals surface area contributed by atoms with Crippen LogP contribution in [0.3, 0.4) is 0 Å². The fraction of sp³-hybridized carbons (Fsp3) is 0.500. The average Bonchev–Trinajstić information content (AvgIpc) is 3.13. The molecule has 0 unspecified atom stereocenters. The third kappa shape index (κ3) is 2.49. The topological polar surface area (TPSA) is 73.8 Å². The maximum absolute atomic E-state index is 12.9. The van der Waals surface area contributed by atoms with Gasteiger partial charge in [-0.15, -0.1) is 11.3 Å². The van der Waals surface area contributed by atoms with E-state index in [2.05, 4.69) is 22.0 Å². The van der Waals surface area contributed by atoms with Crippen molar-refractivity contribution in [1.29, 1.82) is 0 Å². The van der Waals surface area contributed by atoms with Gasteiger partial charge in [-0.2, -0.15) is 4.98 Å². The predicted molar refractivity (Wildman–Crippen MR) is 87.8 cm³/mol. The summed E-state index contributed by atoms with van der Waals surface area (Å²) in [5, 5.41) is 4.71. The van der Waals surface area contributed by atoms with E-state index >= 15 is 0 Å². The maximum Gasteiger partial charge on any atom is 0.262 e. The zero-order chi connectivity index (χ0) is 16.0. The Bertz CT molecular complexity index is 924. The van der Waals surface area contributed by atoms with E-state index in [1.807, 2.05) is 6.92 Å². The second kappa shape index (κ2) is 5.56. The highest BCUT2D eigenvalue weighted by atomic mass is 32.1. The Hall–Kier alpha value is -2.02. The van der Waals surface area contributed by atoms with E-state index in [4.69, 9.17) is 4.52 Å². The van der Waals surface area contributed by atoms with Gasteiger partial charge in [-0.1, -0.05) is 19.0 Å². The lowest BCUT2D eigenvalue weighted by atomic mass is 9.89. The molecule has 0 aliphatic heterocycles.